The molecule has 1 heteroatoms. The summed E-state index contributed by atoms with van der Waals surface area (Å²) < 4.78 is 6.38. The Balaban J connectivity index is 1.17. The molecule has 0 amide bonds. The minimum absolute atomic E-state index is 0.106. The van der Waals surface area contributed by atoms with E-state index in [2.05, 4.69) is 172 Å². The summed E-state index contributed by atoms with van der Waals surface area (Å²) in [5.41, 5.74) is 19.2. The number of rotatable bonds is 3. The quantitative estimate of drug-likeness (QED) is 0.190. The Morgan fingerprint density at radius 2 is 0.939 bits per heavy atom. The molecule has 7 aromatic rings. The minimum atomic E-state index is -0.162. The van der Waals surface area contributed by atoms with Crippen LogP contribution in [0.25, 0.3) is 44.5 Å². The maximum atomic E-state index is 6.38. The number of allylic oxidation sites excluding steroid dienone is 1. The molecule has 10 rings (SSSR count). The third-order valence-corrected chi connectivity index (χ3v) is 11.0. The maximum Gasteiger partial charge on any atom is 0.131 e. The van der Waals surface area contributed by atoms with Crippen molar-refractivity contribution in [1.29, 1.82) is 0 Å². The van der Waals surface area contributed by atoms with Gasteiger partial charge in [-0.05, 0) is 90.5 Å². The summed E-state index contributed by atoms with van der Waals surface area (Å²) in [4.78, 5) is 0. The zero-order valence-electron chi connectivity index (χ0n) is 27.6. The summed E-state index contributed by atoms with van der Waals surface area (Å²) in [5, 5.41) is 0. The van der Waals surface area contributed by atoms with Gasteiger partial charge in [-0.2, -0.15) is 0 Å². The second-order valence-electron chi connectivity index (χ2n) is 14.0. The molecule has 232 valence electrons. The molecule has 3 aliphatic rings. The average molecular weight is 627 g/mol. The molecule has 0 saturated heterocycles. The van der Waals surface area contributed by atoms with E-state index in [9.17, 15) is 0 Å². The summed E-state index contributed by atoms with van der Waals surface area (Å²) >= 11 is 0. The lowest BCUT2D eigenvalue weighted by molar-refractivity contribution is 0.418. The van der Waals surface area contributed by atoms with Crippen molar-refractivity contribution in [2.45, 2.75) is 25.2 Å². The van der Waals surface area contributed by atoms with Crippen molar-refractivity contribution in [3.63, 3.8) is 0 Å². The van der Waals surface area contributed by atoms with Crippen LogP contribution < -0.4 is 4.74 Å². The second kappa shape index (κ2) is 10.5. The molecule has 1 aliphatic heterocycles. The third kappa shape index (κ3) is 4.12. The van der Waals surface area contributed by atoms with Gasteiger partial charge < -0.3 is 4.74 Å². The van der Waals surface area contributed by atoms with Crippen LogP contribution >= 0.6 is 0 Å². The van der Waals surface area contributed by atoms with Gasteiger partial charge in [0.1, 0.15) is 11.5 Å². The van der Waals surface area contributed by atoms with Crippen LogP contribution in [-0.2, 0) is 5.41 Å². The predicted molar refractivity (Wildman–Crippen MR) is 202 cm³/mol. The van der Waals surface area contributed by atoms with E-state index in [0.717, 1.165) is 11.5 Å². The van der Waals surface area contributed by atoms with Gasteiger partial charge in [0, 0.05) is 22.5 Å². The fraction of sp³-hybridized carbons (Fsp3) is 0.0833. The Bertz CT molecular complexity index is 2400. The van der Waals surface area contributed by atoms with E-state index in [0.29, 0.717) is 0 Å². The van der Waals surface area contributed by atoms with Crippen LogP contribution in [0.3, 0.4) is 0 Å². The molecule has 2 aliphatic carbocycles. The van der Waals surface area contributed by atoms with Crippen molar-refractivity contribution in [3.8, 4) is 44.9 Å². The van der Waals surface area contributed by atoms with Crippen LogP contribution in [0.15, 0.2) is 164 Å². The molecule has 0 unspecified atom stereocenters. The number of ether oxygens (including phenoxy) is 1. The predicted octanol–water partition coefficient (Wildman–Crippen LogP) is 12.5. The molecular weight excluding hydrogens is 593 g/mol. The molecule has 0 atom stereocenters. The van der Waals surface area contributed by atoms with Crippen LogP contribution in [0.4, 0.5) is 0 Å². The second-order valence-corrected chi connectivity index (χ2v) is 14.0. The van der Waals surface area contributed by atoms with E-state index in [1.54, 1.807) is 0 Å². The van der Waals surface area contributed by atoms with Crippen LogP contribution in [0.1, 0.15) is 58.7 Å². The van der Waals surface area contributed by atoms with Crippen molar-refractivity contribution in [3.05, 3.63) is 203 Å². The molecule has 0 fully saturated rings. The van der Waals surface area contributed by atoms with E-state index in [1.807, 2.05) is 6.07 Å². The summed E-state index contributed by atoms with van der Waals surface area (Å²) in [6, 6.07) is 60.2. The van der Waals surface area contributed by atoms with Crippen LogP contribution in [0, 0.1) is 0 Å². The lowest BCUT2D eigenvalue weighted by atomic mass is 9.75. The van der Waals surface area contributed by atoms with E-state index < -0.39 is 0 Å². The first-order chi connectivity index (χ1) is 24.1. The van der Waals surface area contributed by atoms with E-state index >= 15 is 0 Å². The van der Waals surface area contributed by atoms with Gasteiger partial charge in [-0.15, -0.1) is 0 Å². The molecule has 0 bridgehead atoms. The fourth-order valence-electron chi connectivity index (χ4n) is 8.69. The van der Waals surface area contributed by atoms with Crippen LogP contribution in [0.5, 0.6) is 11.5 Å². The zero-order valence-corrected chi connectivity index (χ0v) is 27.6. The maximum absolute atomic E-state index is 6.38. The Morgan fingerprint density at radius 1 is 0.449 bits per heavy atom. The normalized spacial score (nSPS) is 14.5. The SMILES string of the molecule is CC1(C)c2ccccc2Oc2ccc(-c3ccc(C(=C4c5ccccc5-c5ccccc54)C4c5ccccc5-c5ccccc54)cc3)cc21. The Labute approximate surface area is 287 Å². The minimum Gasteiger partial charge on any atom is -0.457 e. The van der Waals surface area contributed by atoms with Gasteiger partial charge in [-0.3, -0.25) is 0 Å². The molecule has 0 spiro atoms. The van der Waals surface area contributed by atoms with Gasteiger partial charge in [0.05, 0.1) is 0 Å². The summed E-state index contributed by atoms with van der Waals surface area (Å²) in [6.45, 7) is 4.60. The zero-order chi connectivity index (χ0) is 32.7. The highest BCUT2D eigenvalue weighted by molar-refractivity contribution is 6.13. The molecule has 1 nitrogen and oxygen atoms in total. The van der Waals surface area contributed by atoms with Crippen LogP contribution in [0.2, 0.25) is 0 Å². The summed E-state index contributed by atoms with van der Waals surface area (Å²) in [7, 11) is 0. The topological polar surface area (TPSA) is 9.23 Å². The standard InChI is InChI=1S/C48H34O/c1-48(2)41-21-11-12-22-43(41)49-44-28-27-32(29-42(44)48)30-23-25-31(26-24-30)45(46-37-17-7-3-13-33(37)34-14-4-8-18-38(34)46)47-39-19-9-5-15-35(39)36-16-6-10-20-40(36)47/h3-29,46H,1-2H3. The summed E-state index contributed by atoms with van der Waals surface area (Å²) in [5.74, 6) is 1.99. The Kier molecular flexibility index (Phi) is 6.05. The first kappa shape index (κ1) is 28.1. The van der Waals surface area contributed by atoms with Crippen molar-refractivity contribution >= 4 is 11.1 Å². The lowest BCUT2D eigenvalue weighted by Crippen LogP contribution is -2.24. The Hall–Kier alpha value is -5.92. The molecule has 0 aromatic heterocycles. The largest absolute Gasteiger partial charge is 0.457 e. The number of para-hydroxylation sites is 1. The van der Waals surface area contributed by atoms with Crippen molar-refractivity contribution in [1.82, 2.24) is 0 Å². The number of benzene rings is 7. The summed E-state index contributed by atoms with van der Waals surface area (Å²) in [6.07, 6.45) is 0. The smallest absolute Gasteiger partial charge is 0.131 e. The van der Waals surface area contributed by atoms with Gasteiger partial charge in [0.15, 0.2) is 0 Å². The molecule has 0 radical (unpaired) electrons. The van der Waals surface area contributed by atoms with E-state index in [1.165, 1.54) is 83.5 Å². The van der Waals surface area contributed by atoms with Crippen molar-refractivity contribution in [2.75, 3.05) is 0 Å². The number of fused-ring (bicyclic) bond motifs is 8. The molecule has 7 aromatic carbocycles. The van der Waals surface area contributed by atoms with Gasteiger partial charge in [0.2, 0.25) is 0 Å². The highest BCUT2D eigenvalue weighted by Crippen LogP contribution is 2.57. The Morgan fingerprint density at radius 3 is 1.57 bits per heavy atom. The van der Waals surface area contributed by atoms with E-state index in [-0.39, 0.29) is 11.3 Å². The van der Waals surface area contributed by atoms with Gasteiger partial charge in [-0.25, -0.2) is 0 Å². The monoisotopic (exact) mass is 626 g/mol. The third-order valence-electron chi connectivity index (χ3n) is 11.0. The first-order valence-corrected chi connectivity index (χ1v) is 17.2. The van der Waals surface area contributed by atoms with Gasteiger partial charge in [-0.1, -0.05) is 159 Å². The molecule has 0 saturated carbocycles. The molecule has 1 heterocycles. The van der Waals surface area contributed by atoms with Crippen LogP contribution in [-0.4, -0.2) is 0 Å². The average Bonchev–Trinajstić information content (AvgIpc) is 3.66. The van der Waals surface area contributed by atoms with Gasteiger partial charge >= 0.3 is 0 Å². The molecule has 0 N–H and O–H groups in total. The van der Waals surface area contributed by atoms with E-state index in [4.69, 9.17) is 4.74 Å². The molecular formula is C48H34O. The number of hydrogen-bond acceptors (Lipinski definition) is 1. The fourth-order valence-corrected chi connectivity index (χ4v) is 8.69. The lowest BCUT2D eigenvalue weighted by Gasteiger charge is -2.34. The molecule has 49 heavy (non-hydrogen) atoms. The highest BCUT2D eigenvalue weighted by Gasteiger charge is 2.37. The highest BCUT2D eigenvalue weighted by atomic mass is 16.5. The number of hydrogen-bond donors (Lipinski definition) is 0. The first-order valence-electron chi connectivity index (χ1n) is 17.2. The van der Waals surface area contributed by atoms with Crippen molar-refractivity contribution in [2.24, 2.45) is 0 Å². The van der Waals surface area contributed by atoms with Crippen molar-refractivity contribution < 1.29 is 4.74 Å². The van der Waals surface area contributed by atoms with Gasteiger partial charge in [0.25, 0.3) is 0 Å².